The van der Waals surface area contributed by atoms with E-state index in [9.17, 15) is 14.9 Å². The number of hydrogen-bond acceptors (Lipinski definition) is 5. The SMILES string of the molecule is COC(=O)c1c(NC(=O)/C(C#N)=C/c2ccccc2)sc(C)c1-c1ccc(Br)cc1. The van der Waals surface area contributed by atoms with Crippen molar-refractivity contribution in [2.45, 2.75) is 6.92 Å². The second kappa shape index (κ2) is 9.53. The molecule has 1 N–H and O–H groups in total. The van der Waals surface area contributed by atoms with Crippen molar-refractivity contribution < 1.29 is 14.3 Å². The van der Waals surface area contributed by atoms with Crippen LogP contribution in [0.2, 0.25) is 0 Å². The average Bonchev–Trinajstić information content (AvgIpc) is 3.08. The van der Waals surface area contributed by atoms with Gasteiger partial charge in [-0.2, -0.15) is 5.26 Å². The zero-order valence-corrected chi connectivity index (χ0v) is 18.6. The van der Waals surface area contributed by atoms with Gasteiger partial charge in [-0.3, -0.25) is 4.79 Å². The number of halogens is 1. The summed E-state index contributed by atoms with van der Waals surface area (Å²) >= 11 is 4.67. The van der Waals surface area contributed by atoms with Gasteiger partial charge in [0.25, 0.3) is 5.91 Å². The van der Waals surface area contributed by atoms with Crippen molar-refractivity contribution in [1.29, 1.82) is 5.26 Å². The summed E-state index contributed by atoms with van der Waals surface area (Å²) in [6.45, 7) is 1.87. The minimum absolute atomic E-state index is 0.0618. The Bertz CT molecular complexity index is 1160. The Kier molecular flexibility index (Phi) is 6.83. The van der Waals surface area contributed by atoms with E-state index in [1.807, 2.05) is 55.5 Å². The van der Waals surface area contributed by atoms with E-state index < -0.39 is 11.9 Å². The highest BCUT2D eigenvalue weighted by Gasteiger charge is 2.25. The summed E-state index contributed by atoms with van der Waals surface area (Å²) in [7, 11) is 1.29. The third-order valence-corrected chi connectivity index (χ3v) is 5.86. The standard InChI is InChI=1S/C23H17BrN2O3S/c1-14-19(16-8-10-18(24)11-9-16)20(23(28)29-2)22(30-14)26-21(27)17(13-25)12-15-6-4-3-5-7-15/h3-12H,1-2H3,(H,26,27)/b17-12+. The summed E-state index contributed by atoms with van der Waals surface area (Å²) < 4.78 is 5.88. The van der Waals surface area contributed by atoms with Gasteiger partial charge in [-0.15, -0.1) is 11.3 Å². The van der Waals surface area contributed by atoms with E-state index in [-0.39, 0.29) is 11.1 Å². The molecule has 0 aliphatic heterocycles. The molecule has 5 nitrogen and oxygen atoms in total. The number of rotatable bonds is 5. The lowest BCUT2D eigenvalue weighted by Crippen LogP contribution is -2.15. The number of nitrogens with one attached hydrogen (secondary N) is 1. The maximum absolute atomic E-state index is 12.8. The molecule has 0 saturated carbocycles. The Hall–Kier alpha value is -3.21. The molecule has 0 unspecified atom stereocenters. The van der Waals surface area contributed by atoms with E-state index in [0.717, 1.165) is 20.5 Å². The van der Waals surface area contributed by atoms with E-state index in [2.05, 4.69) is 21.2 Å². The quantitative estimate of drug-likeness (QED) is 0.283. The van der Waals surface area contributed by atoms with Crippen LogP contribution in [0.3, 0.4) is 0 Å². The van der Waals surface area contributed by atoms with E-state index in [0.29, 0.717) is 10.6 Å². The minimum atomic E-state index is -0.588. The number of benzene rings is 2. The predicted octanol–water partition coefficient (Wildman–Crippen LogP) is 5.82. The smallest absolute Gasteiger partial charge is 0.341 e. The first-order valence-electron chi connectivity index (χ1n) is 8.90. The first-order valence-corrected chi connectivity index (χ1v) is 10.5. The van der Waals surface area contributed by atoms with Gasteiger partial charge in [0.05, 0.1) is 7.11 Å². The maximum atomic E-state index is 12.8. The van der Waals surface area contributed by atoms with E-state index in [1.165, 1.54) is 24.5 Å². The van der Waals surface area contributed by atoms with Crippen LogP contribution in [0.4, 0.5) is 5.00 Å². The highest BCUT2D eigenvalue weighted by molar-refractivity contribution is 9.10. The number of anilines is 1. The van der Waals surface area contributed by atoms with Crippen molar-refractivity contribution in [3.05, 3.63) is 80.6 Å². The third kappa shape index (κ3) is 4.67. The van der Waals surface area contributed by atoms with Gasteiger partial charge in [-0.25, -0.2) is 4.79 Å². The van der Waals surface area contributed by atoms with Gasteiger partial charge >= 0.3 is 5.97 Å². The molecule has 7 heteroatoms. The lowest BCUT2D eigenvalue weighted by molar-refractivity contribution is -0.112. The van der Waals surface area contributed by atoms with E-state index in [4.69, 9.17) is 4.74 Å². The lowest BCUT2D eigenvalue weighted by Gasteiger charge is -2.08. The Morgan fingerprint density at radius 3 is 2.40 bits per heavy atom. The first kappa shape index (κ1) is 21.5. The summed E-state index contributed by atoms with van der Waals surface area (Å²) in [5, 5.41) is 12.5. The molecule has 0 aliphatic carbocycles. The molecule has 0 bridgehead atoms. The Labute approximate surface area is 186 Å². The van der Waals surface area contributed by atoms with Crippen LogP contribution in [0.1, 0.15) is 20.8 Å². The number of ether oxygens (including phenoxy) is 1. The number of carbonyl (C=O) groups is 2. The molecule has 0 radical (unpaired) electrons. The van der Waals surface area contributed by atoms with E-state index in [1.54, 1.807) is 12.1 Å². The van der Waals surface area contributed by atoms with Crippen molar-refractivity contribution in [3.8, 4) is 17.2 Å². The molecule has 0 atom stereocenters. The normalized spacial score (nSPS) is 10.9. The number of carbonyl (C=O) groups excluding carboxylic acids is 2. The average molecular weight is 481 g/mol. The van der Waals surface area contributed by atoms with Gasteiger partial charge in [-0.05, 0) is 36.3 Å². The van der Waals surface area contributed by atoms with Crippen LogP contribution in [0.15, 0.2) is 64.6 Å². The molecule has 0 fully saturated rings. The molecule has 150 valence electrons. The molecular weight excluding hydrogens is 464 g/mol. The fourth-order valence-corrected chi connectivity index (χ4v) is 4.25. The zero-order chi connectivity index (χ0) is 21.7. The van der Waals surface area contributed by atoms with Gasteiger partial charge in [0.15, 0.2) is 0 Å². The fraction of sp³-hybridized carbons (Fsp3) is 0.0870. The van der Waals surface area contributed by atoms with Crippen molar-refractivity contribution in [2.75, 3.05) is 12.4 Å². The van der Waals surface area contributed by atoms with Crippen LogP contribution in [-0.4, -0.2) is 19.0 Å². The second-order valence-electron chi connectivity index (χ2n) is 6.27. The number of nitriles is 1. The molecule has 2 aromatic carbocycles. The fourth-order valence-electron chi connectivity index (χ4n) is 2.93. The Morgan fingerprint density at radius 2 is 1.80 bits per heavy atom. The third-order valence-electron chi connectivity index (χ3n) is 4.31. The van der Waals surface area contributed by atoms with Gasteiger partial charge in [-0.1, -0.05) is 58.4 Å². The van der Waals surface area contributed by atoms with Gasteiger partial charge in [0, 0.05) is 14.9 Å². The van der Waals surface area contributed by atoms with Crippen LogP contribution >= 0.6 is 27.3 Å². The van der Waals surface area contributed by atoms with Crippen LogP contribution in [0.5, 0.6) is 0 Å². The molecule has 1 heterocycles. The summed E-state index contributed by atoms with van der Waals surface area (Å²) in [6.07, 6.45) is 1.50. The largest absolute Gasteiger partial charge is 0.465 e. The van der Waals surface area contributed by atoms with Crippen molar-refractivity contribution >= 4 is 50.2 Å². The molecule has 0 saturated heterocycles. The molecule has 3 rings (SSSR count). The van der Waals surface area contributed by atoms with Gasteiger partial charge in [0.1, 0.15) is 22.2 Å². The summed E-state index contributed by atoms with van der Waals surface area (Å²) in [4.78, 5) is 26.2. The van der Waals surface area contributed by atoms with Crippen LogP contribution in [-0.2, 0) is 9.53 Å². The monoisotopic (exact) mass is 480 g/mol. The van der Waals surface area contributed by atoms with Gasteiger partial charge < -0.3 is 10.1 Å². The molecule has 0 spiro atoms. The predicted molar refractivity (Wildman–Crippen MR) is 122 cm³/mol. The van der Waals surface area contributed by atoms with Crippen LogP contribution < -0.4 is 5.32 Å². The molecule has 1 aromatic heterocycles. The van der Waals surface area contributed by atoms with Crippen LogP contribution in [0.25, 0.3) is 17.2 Å². The number of thiophene rings is 1. The maximum Gasteiger partial charge on any atom is 0.341 e. The van der Waals surface area contributed by atoms with Crippen molar-refractivity contribution in [2.24, 2.45) is 0 Å². The topological polar surface area (TPSA) is 79.2 Å². The van der Waals surface area contributed by atoms with Crippen molar-refractivity contribution in [1.82, 2.24) is 0 Å². The number of hydrogen-bond donors (Lipinski definition) is 1. The molecule has 0 aliphatic rings. The Morgan fingerprint density at radius 1 is 1.13 bits per heavy atom. The zero-order valence-electron chi connectivity index (χ0n) is 16.2. The molecular formula is C23H17BrN2O3S. The van der Waals surface area contributed by atoms with Gasteiger partial charge in [0.2, 0.25) is 0 Å². The molecule has 3 aromatic rings. The lowest BCUT2D eigenvalue weighted by atomic mass is 10.0. The number of amides is 1. The Balaban J connectivity index is 2.02. The molecule has 1 amide bonds. The summed E-state index contributed by atoms with van der Waals surface area (Å²) in [6, 6.07) is 18.5. The number of aryl methyl sites for hydroxylation is 1. The summed E-state index contributed by atoms with van der Waals surface area (Å²) in [5.41, 5.74) is 2.46. The second-order valence-corrected chi connectivity index (χ2v) is 8.41. The first-order chi connectivity index (χ1) is 14.4. The van der Waals surface area contributed by atoms with Crippen LogP contribution in [0, 0.1) is 18.3 Å². The highest BCUT2D eigenvalue weighted by Crippen LogP contribution is 2.40. The summed E-state index contributed by atoms with van der Waals surface area (Å²) in [5.74, 6) is -1.15. The number of nitrogens with zero attached hydrogens (tertiary/aromatic N) is 1. The highest BCUT2D eigenvalue weighted by atomic mass is 79.9. The van der Waals surface area contributed by atoms with Crippen molar-refractivity contribution in [3.63, 3.8) is 0 Å². The minimum Gasteiger partial charge on any atom is -0.465 e. The number of esters is 1. The molecule has 30 heavy (non-hydrogen) atoms. The number of methoxy groups -OCH3 is 1. The van der Waals surface area contributed by atoms with E-state index >= 15 is 0 Å².